The van der Waals surface area contributed by atoms with Crippen molar-refractivity contribution in [2.45, 2.75) is 67.1 Å². The second-order valence-corrected chi connectivity index (χ2v) is 16.8. The van der Waals surface area contributed by atoms with Gasteiger partial charge < -0.3 is 14.2 Å². The number of esters is 1. The van der Waals surface area contributed by atoms with Crippen LogP contribution in [0.5, 0.6) is 11.5 Å². The molecule has 49 heavy (non-hydrogen) atoms. The lowest BCUT2D eigenvalue weighted by Crippen LogP contribution is -2.48. The number of nitrogens with zero attached hydrogens (tertiary/aromatic N) is 3. The van der Waals surface area contributed by atoms with Gasteiger partial charge in [-0.25, -0.2) is 21.1 Å². The minimum atomic E-state index is -4.38. The molecule has 2 aromatic carbocycles. The summed E-state index contributed by atoms with van der Waals surface area (Å²) in [6.45, 7) is -2.85. The zero-order valence-corrected chi connectivity index (χ0v) is 29.7. The lowest BCUT2D eigenvalue weighted by Gasteiger charge is -2.34. The van der Waals surface area contributed by atoms with E-state index in [0.717, 1.165) is 27.5 Å². The van der Waals surface area contributed by atoms with E-state index in [1.165, 1.54) is 62.9 Å². The molecule has 0 radical (unpaired) electrons. The first kappa shape index (κ1) is 37.2. The summed E-state index contributed by atoms with van der Waals surface area (Å²) in [7, 11) is -5.67. The van der Waals surface area contributed by atoms with Crippen LogP contribution in [-0.2, 0) is 36.0 Å². The highest BCUT2D eigenvalue weighted by Gasteiger charge is 2.40. The number of carbonyl (C=O) groups excluding carboxylic acids is 1. The maximum atomic E-state index is 14.0. The third kappa shape index (κ3) is 8.81. The minimum Gasteiger partial charge on any atom is -0.489 e. The number of alkyl halides is 2. The fourth-order valence-corrected chi connectivity index (χ4v) is 8.59. The van der Waals surface area contributed by atoms with Crippen molar-refractivity contribution in [1.29, 1.82) is 0 Å². The van der Waals surface area contributed by atoms with Crippen LogP contribution in [0.25, 0.3) is 0 Å². The third-order valence-corrected chi connectivity index (χ3v) is 12.6. The quantitative estimate of drug-likeness (QED) is 0.179. The van der Waals surface area contributed by atoms with Crippen LogP contribution in [-0.4, -0.2) is 76.3 Å². The van der Waals surface area contributed by atoms with E-state index in [-0.39, 0.29) is 63.2 Å². The molecule has 0 N–H and O–H groups in total. The van der Waals surface area contributed by atoms with E-state index in [0.29, 0.717) is 24.0 Å². The Balaban J connectivity index is 1.49. The van der Waals surface area contributed by atoms with Crippen LogP contribution in [0.1, 0.15) is 49.3 Å². The number of rotatable bonds is 14. The summed E-state index contributed by atoms with van der Waals surface area (Å²) in [4.78, 5) is 17.4. The van der Waals surface area contributed by atoms with Gasteiger partial charge in [-0.3, -0.25) is 9.78 Å². The number of halogens is 4. The molecule has 3 aromatic rings. The van der Waals surface area contributed by atoms with Crippen LogP contribution in [0.15, 0.2) is 64.6 Å². The molecule has 0 amide bonds. The topological polar surface area (TPSA) is 132 Å². The first-order chi connectivity index (χ1) is 23.2. The van der Waals surface area contributed by atoms with Gasteiger partial charge in [0.15, 0.2) is 11.5 Å². The molecule has 0 bridgehead atoms. The highest BCUT2D eigenvalue weighted by molar-refractivity contribution is 7.90. The van der Waals surface area contributed by atoms with Crippen LogP contribution in [0.3, 0.4) is 0 Å². The van der Waals surface area contributed by atoms with Crippen LogP contribution in [0.2, 0.25) is 10.0 Å². The Kier molecular flexibility index (Phi) is 11.7. The van der Waals surface area contributed by atoms with Crippen molar-refractivity contribution >= 4 is 49.2 Å². The molecule has 0 spiro atoms. The van der Waals surface area contributed by atoms with E-state index < -0.39 is 44.8 Å². The van der Waals surface area contributed by atoms with Crippen molar-refractivity contribution in [2.24, 2.45) is 5.92 Å². The van der Waals surface area contributed by atoms with Crippen molar-refractivity contribution in [3.05, 3.63) is 76.0 Å². The second-order valence-electron chi connectivity index (χ2n) is 11.9. The minimum absolute atomic E-state index is 0.0156. The number of hydrogen-bond donors (Lipinski definition) is 0. The highest BCUT2D eigenvalue weighted by Crippen LogP contribution is 2.39. The Bertz CT molecular complexity index is 1880. The second kappa shape index (κ2) is 15.4. The summed E-state index contributed by atoms with van der Waals surface area (Å²) >= 11 is 12.8. The zero-order valence-electron chi connectivity index (χ0n) is 26.6. The molecule has 2 fully saturated rings. The van der Waals surface area contributed by atoms with Gasteiger partial charge in [0.05, 0.1) is 26.4 Å². The first-order valence-corrected chi connectivity index (χ1v) is 19.1. The average molecular weight is 763 g/mol. The van der Waals surface area contributed by atoms with Crippen molar-refractivity contribution in [3.63, 3.8) is 0 Å². The first-order valence-electron chi connectivity index (χ1n) is 15.4. The highest BCUT2D eigenvalue weighted by atomic mass is 35.5. The Morgan fingerprint density at radius 3 is 2.33 bits per heavy atom. The Morgan fingerprint density at radius 2 is 1.67 bits per heavy atom. The van der Waals surface area contributed by atoms with E-state index in [9.17, 15) is 30.4 Å². The molecule has 2 aliphatic rings. The van der Waals surface area contributed by atoms with Crippen molar-refractivity contribution in [1.82, 2.24) is 13.6 Å². The predicted octanol–water partition coefficient (Wildman–Crippen LogP) is 6.10. The molecular formula is C32H35Cl2F2N3O8S2. The van der Waals surface area contributed by atoms with Crippen molar-refractivity contribution in [3.8, 4) is 11.5 Å². The van der Waals surface area contributed by atoms with Crippen molar-refractivity contribution < 1.29 is 44.6 Å². The van der Waals surface area contributed by atoms with Gasteiger partial charge in [0.25, 0.3) is 0 Å². The van der Waals surface area contributed by atoms with Gasteiger partial charge in [0, 0.05) is 39.5 Å². The zero-order chi connectivity index (χ0) is 35.5. The number of carbonyl (C=O) groups is 1. The number of aromatic nitrogens is 1. The van der Waals surface area contributed by atoms with Crippen LogP contribution >= 0.6 is 23.2 Å². The SMILES string of the molecule is CN(C)S(=O)(=O)c1cccc(S(=O)(=O)N2CCCC[C@H]2C(=O)O[C@@H](Cc2c(Cl)cncc2Cl)c2ccc(OC(F)F)c(OCC3CC3)c2)c1. The molecule has 1 saturated heterocycles. The monoisotopic (exact) mass is 761 g/mol. The lowest BCUT2D eigenvalue weighted by molar-refractivity contribution is -0.155. The molecule has 11 nitrogen and oxygen atoms in total. The smallest absolute Gasteiger partial charge is 0.387 e. The maximum absolute atomic E-state index is 14.0. The van der Waals surface area contributed by atoms with Gasteiger partial charge in [0.2, 0.25) is 20.0 Å². The van der Waals surface area contributed by atoms with Crippen molar-refractivity contribution in [2.75, 3.05) is 27.2 Å². The van der Waals surface area contributed by atoms with Crippen LogP contribution in [0, 0.1) is 5.92 Å². The van der Waals surface area contributed by atoms with Crippen LogP contribution < -0.4 is 9.47 Å². The number of pyridine rings is 1. The summed E-state index contributed by atoms with van der Waals surface area (Å²) in [6.07, 6.45) is 4.53. The molecule has 266 valence electrons. The van der Waals surface area contributed by atoms with Gasteiger partial charge in [-0.05, 0) is 79.5 Å². The summed E-state index contributed by atoms with van der Waals surface area (Å²) in [5.74, 6) is -0.770. The fraction of sp³-hybridized carbons (Fsp3) is 0.438. The van der Waals surface area contributed by atoms with E-state index >= 15 is 0 Å². The maximum Gasteiger partial charge on any atom is 0.387 e. The van der Waals surface area contributed by atoms with Gasteiger partial charge in [-0.2, -0.15) is 13.1 Å². The summed E-state index contributed by atoms with van der Waals surface area (Å²) in [5.41, 5.74) is 0.716. The summed E-state index contributed by atoms with van der Waals surface area (Å²) in [5, 5.41) is 0.372. The Labute approximate surface area is 294 Å². The van der Waals surface area contributed by atoms with Crippen LogP contribution in [0.4, 0.5) is 8.78 Å². The number of benzene rings is 2. The van der Waals surface area contributed by atoms with Gasteiger partial charge in [-0.1, -0.05) is 35.3 Å². The van der Waals surface area contributed by atoms with E-state index in [1.54, 1.807) is 0 Å². The molecular weight excluding hydrogens is 727 g/mol. The van der Waals surface area contributed by atoms with E-state index in [2.05, 4.69) is 9.72 Å². The van der Waals surface area contributed by atoms with Gasteiger partial charge >= 0.3 is 12.6 Å². The molecule has 0 unspecified atom stereocenters. The standard InChI is InChI=1S/C32H35Cl2F2N3O8S2/c1-38(2)48(41,42)22-6-5-7-23(15-22)49(43,44)39-13-4-3-8-27(39)31(40)46-29(16-24-25(33)17-37-18-26(24)34)21-11-12-28(47-32(35)36)30(14-21)45-19-20-9-10-20/h5-7,11-12,14-15,17-18,20,27,29,32H,3-4,8-10,13,16,19H2,1-2H3/t27-,29-/m0/s1. The Hall–Kier alpha value is -3.08. The Morgan fingerprint density at radius 1 is 0.980 bits per heavy atom. The largest absolute Gasteiger partial charge is 0.489 e. The molecule has 1 aliphatic heterocycles. The predicted molar refractivity (Wildman–Crippen MR) is 177 cm³/mol. The molecule has 1 aliphatic carbocycles. The third-order valence-electron chi connectivity index (χ3n) is 8.24. The molecule has 5 rings (SSSR count). The fourth-order valence-electron chi connectivity index (χ4n) is 5.36. The molecule has 2 atom stereocenters. The normalized spacial score (nSPS) is 18.0. The molecule has 2 heterocycles. The average Bonchev–Trinajstić information content (AvgIpc) is 3.90. The van der Waals surface area contributed by atoms with E-state index in [4.69, 9.17) is 32.7 Å². The molecule has 1 saturated carbocycles. The number of hydrogen-bond acceptors (Lipinski definition) is 9. The summed E-state index contributed by atoms with van der Waals surface area (Å²) in [6, 6.07) is 7.84. The van der Waals surface area contributed by atoms with E-state index in [1.807, 2.05) is 0 Å². The number of sulfonamides is 2. The number of ether oxygens (including phenoxy) is 3. The van der Waals surface area contributed by atoms with Gasteiger partial charge in [0.1, 0.15) is 12.1 Å². The molecule has 1 aromatic heterocycles. The lowest BCUT2D eigenvalue weighted by atomic mass is 10.0. The summed E-state index contributed by atoms with van der Waals surface area (Å²) < 4.78 is 98.4. The van der Waals surface area contributed by atoms with Gasteiger partial charge in [-0.15, -0.1) is 0 Å². The number of piperidine rings is 1. The molecule has 17 heteroatoms.